The molecule has 112 valence electrons. The molecule has 1 heterocycles. The number of halogens is 2. The van der Waals surface area contributed by atoms with E-state index in [-0.39, 0.29) is 5.92 Å². The molecule has 3 nitrogen and oxygen atoms in total. The van der Waals surface area contributed by atoms with Crippen LogP contribution in [0.4, 0.5) is 14.5 Å². The van der Waals surface area contributed by atoms with Crippen molar-refractivity contribution in [2.45, 2.75) is 19.8 Å². The van der Waals surface area contributed by atoms with Crippen molar-refractivity contribution in [2.75, 3.05) is 44.7 Å². The molecule has 0 aliphatic carbocycles. The highest BCUT2D eigenvalue weighted by atomic mass is 19.1. The van der Waals surface area contributed by atoms with E-state index >= 15 is 0 Å². The fourth-order valence-corrected chi connectivity index (χ4v) is 2.40. The smallest absolute Gasteiger partial charge is 0.149 e. The van der Waals surface area contributed by atoms with Crippen LogP contribution in [-0.2, 0) is 4.74 Å². The second kappa shape index (κ2) is 6.99. The Labute approximate surface area is 118 Å². The molecule has 0 unspecified atom stereocenters. The monoisotopic (exact) mass is 284 g/mol. The van der Waals surface area contributed by atoms with Gasteiger partial charge in [-0.2, -0.15) is 0 Å². The summed E-state index contributed by atoms with van der Waals surface area (Å²) in [5, 5.41) is 3.11. The van der Waals surface area contributed by atoms with Crippen molar-refractivity contribution in [1.29, 1.82) is 0 Å². The maximum Gasteiger partial charge on any atom is 0.149 e. The van der Waals surface area contributed by atoms with E-state index in [4.69, 9.17) is 4.74 Å². The van der Waals surface area contributed by atoms with E-state index in [1.54, 1.807) is 0 Å². The number of benzene rings is 1. The zero-order valence-electron chi connectivity index (χ0n) is 12.1. The molecule has 0 aromatic heterocycles. The van der Waals surface area contributed by atoms with Crippen molar-refractivity contribution in [3.05, 3.63) is 29.3 Å². The molecule has 1 saturated heterocycles. The first-order chi connectivity index (χ1) is 9.58. The molecule has 5 heteroatoms. The number of nitrogens with zero attached hydrogens (tertiary/aromatic N) is 1. The summed E-state index contributed by atoms with van der Waals surface area (Å²) < 4.78 is 32.5. The number of hydrogen-bond donors (Lipinski definition) is 1. The van der Waals surface area contributed by atoms with Gasteiger partial charge in [-0.25, -0.2) is 8.78 Å². The van der Waals surface area contributed by atoms with Gasteiger partial charge in [-0.05, 0) is 17.5 Å². The molecule has 1 aromatic carbocycles. The topological polar surface area (TPSA) is 24.5 Å². The van der Waals surface area contributed by atoms with Crippen molar-refractivity contribution < 1.29 is 13.5 Å². The van der Waals surface area contributed by atoms with Crippen LogP contribution in [0, 0.1) is 11.6 Å². The fraction of sp³-hybridized carbons (Fsp3) is 0.600. The lowest BCUT2D eigenvalue weighted by molar-refractivity contribution is 0.0398. The van der Waals surface area contributed by atoms with E-state index in [0.717, 1.165) is 38.9 Å². The zero-order valence-corrected chi connectivity index (χ0v) is 12.1. The summed E-state index contributed by atoms with van der Waals surface area (Å²) in [7, 11) is 0. The average Bonchev–Trinajstić information content (AvgIpc) is 2.41. The minimum atomic E-state index is -0.523. The first kappa shape index (κ1) is 15.2. The van der Waals surface area contributed by atoms with Gasteiger partial charge in [0.15, 0.2) is 0 Å². The highest BCUT2D eigenvalue weighted by Gasteiger charge is 2.15. The van der Waals surface area contributed by atoms with Crippen LogP contribution in [0.2, 0.25) is 0 Å². The molecule has 2 rings (SSSR count). The summed E-state index contributed by atoms with van der Waals surface area (Å²) in [5.74, 6) is -0.966. The quantitative estimate of drug-likeness (QED) is 0.900. The van der Waals surface area contributed by atoms with Gasteiger partial charge in [0.2, 0.25) is 0 Å². The zero-order chi connectivity index (χ0) is 14.5. The van der Waals surface area contributed by atoms with Crippen LogP contribution in [0.5, 0.6) is 0 Å². The average molecular weight is 284 g/mol. The van der Waals surface area contributed by atoms with Gasteiger partial charge in [0.1, 0.15) is 11.6 Å². The van der Waals surface area contributed by atoms with E-state index in [1.165, 1.54) is 6.07 Å². The summed E-state index contributed by atoms with van der Waals surface area (Å²) in [6.45, 7) is 8.66. The lowest BCUT2D eigenvalue weighted by atomic mass is 10.0. The van der Waals surface area contributed by atoms with Gasteiger partial charge in [0.05, 0.1) is 18.9 Å². The van der Waals surface area contributed by atoms with Gasteiger partial charge >= 0.3 is 0 Å². The van der Waals surface area contributed by atoms with Crippen molar-refractivity contribution in [3.63, 3.8) is 0 Å². The Kier molecular flexibility index (Phi) is 5.31. The normalized spacial score (nSPS) is 16.6. The highest BCUT2D eigenvalue weighted by molar-refractivity contribution is 5.54. The largest absolute Gasteiger partial charge is 0.381 e. The summed E-state index contributed by atoms with van der Waals surface area (Å²) in [5.41, 5.74) is 1.11. The number of ether oxygens (including phenoxy) is 1. The molecule has 1 aromatic rings. The summed E-state index contributed by atoms with van der Waals surface area (Å²) in [6, 6.07) is 2.34. The molecule has 1 aliphatic rings. The lowest BCUT2D eigenvalue weighted by Gasteiger charge is -2.27. The van der Waals surface area contributed by atoms with Gasteiger partial charge < -0.3 is 10.1 Å². The third-order valence-corrected chi connectivity index (χ3v) is 3.54. The van der Waals surface area contributed by atoms with Crippen molar-refractivity contribution in [3.8, 4) is 0 Å². The molecule has 1 N–H and O–H groups in total. The Morgan fingerprint density at radius 3 is 2.60 bits per heavy atom. The number of hydrogen-bond acceptors (Lipinski definition) is 3. The van der Waals surface area contributed by atoms with Crippen LogP contribution in [0.25, 0.3) is 0 Å². The standard InChI is InChI=1S/C15H22F2N2O/c1-11(2)13-9-12(16)10-14(17)15(13)18-3-4-19-5-7-20-8-6-19/h9-11,18H,3-8H2,1-2H3. The van der Waals surface area contributed by atoms with E-state index in [9.17, 15) is 8.78 Å². The van der Waals surface area contributed by atoms with Crippen molar-refractivity contribution in [2.24, 2.45) is 0 Å². The minimum Gasteiger partial charge on any atom is -0.381 e. The Bertz CT molecular complexity index is 446. The van der Waals surface area contributed by atoms with Crippen LogP contribution < -0.4 is 5.32 Å². The molecule has 0 radical (unpaired) electrons. The minimum absolute atomic E-state index is 0.0751. The van der Waals surface area contributed by atoms with E-state index in [2.05, 4.69) is 10.2 Å². The van der Waals surface area contributed by atoms with Crippen molar-refractivity contribution in [1.82, 2.24) is 4.90 Å². The molecule has 0 bridgehead atoms. The van der Waals surface area contributed by atoms with Gasteiger partial charge in [0.25, 0.3) is 0 Å². The molecule has 20 heavy (non-hydrogen) atoms. The van der Waals surface area contributed by atoms with E-state index in [1.807, 2.05) is 13.8 Å². The maximum atomic E-state index is 13.9. The van der Waals surface area contributed by atoms with Crippen LogP contribution in [0.3, 0.4) is 0 Å². The number of nitrogens with one attached hydrogen (secondary N) is 1. The molecular weight excluding hydrogens is 262 g/mol. The van der Waals surface area contributed by atoms with Crippen LogP contribution in [0.15, 0.2) is 12.1 Å². The molecule has 0 saturated carbocycles. The number of rotatable bonds is 5. The van der Waals surface area contributed by atoms with Crippen molar-refractivity contribution >= 4 is 5.69 Å². The first-order valence-corrected chi connectivity index (χ1v) is 7.11. The summed E-state index contributed by atoms with van der Waals surface area (Å²) >= 11 is 0. The predicted octanol–water partition coefficient (Wildman–Crippen LogP) is 2.83. The third kappa shape index (κ3) is 3.90. The van der Waals surface area contributed by atoms with Gasteiger partial charge in [0, 0.05) is 32.2 Å². The van der Waals surface area contributed by atoms with Gasteiger partial charge in [-0.15, -0.1) is 0 Å². The molecule has 0 atom stereocenters. The number of anilines is 1. The first-order valence-electron chi connectivity index (χ1n) is 7.11. The van der Waals surface area contributed by atoms with Crippen LogP contribution >= 0.6 is 0 Å². The second-order valence-electron chi connectivity index (χ2n) is 5.39. The van der Waals surface area contributed by atoms with Gasteiger partial charge in [-0.1, -0.05) is 13.8 Å². The Hall–Kier alpha value is -1.20. The Morgan fingerprint density at radius 1 is 1.25 bits per heavy atom. The summed E-state index contributed by atoms with van der Waals surface area (Å²) in [4.78, 5) is 2.27. The Balaban J connectivity index is 1.97. The molecule has 1 fully saturated rings. The van der Waals surface area contributed by atoms with Crippen LogP contribution in [-0.4, -0.2) is 44.3 Å². The molecule has 1 aliphatic heterocycles. The van der Waals surface area contributed by atoms with Gasteiger partial charge in [-0.3, -0.25) is 4.90 Å². The van der Waals surface area contributed by atoms with E-state index < -0.39 is 11.6 Å². The highest BCUT2D eigenvalue weighted by Crippen LogP contribution is 2.28. The molecular formula is C15H22F2N2O. The van der Waals surface area contributed by atoms with E-state index in [0.29, 0.717) is 17.8 Å². The Morgan fingerprint density at radius 2 is 1.95 bits per heavy atom. The maximum absolute atomic E-state index is 13.9. The SMILES string of the molecule is CC(C)c1cc(F)cc(F)c1NCCN1CCOCC1. The predicted molar refractivity (Wildman–Crippen MR) is 76.2 cm³/mol. The summed E-state index contributed by atoms with van der Waals surface area (Å²) in [6.07, 6.45) is 0. The lowest BCUT2D eigenvalue weighted by Crippen LogP contribution is -2.39. The second-order valence-corrected chi connectivity index (χ2v) is 5.39. The molecule has 0 amide bonds. The number of morpholine rings is 1. The molecule has 0 spiro atoms. The fourth-order valence-electron chi connectivity index (χ4n) is 2.40. The third-order valence-electron chi connectivity index (χ3n) is 3.54. The van der Waals surface area contributed by atoms with Crippen LogP contribution in [0.1, 0.15) is 25.3 Å².